The lowest BCUT2D eigenvalue weighted by molar-refractivity contribution is -0.124. The summed E-state index contributed by atoms with van der Waals surface area (Å²) in [6.45, 7) is 0.660. The first kappa shape index (κ1) is 14.5. The second kappa shape index (κ2) is 6.56. The number of ether oxygens (including phenoxy) is 1. The fourth-order valence-electron chi connectivity index (χ4n) is 2.25. The third kappa shape index (κ3) is 3.61. The van der Waals surface area contributed by atoms with Crippen LogP contribution in [0, 0.1) is 0 Å². The van der Waals surface area contributed by atoms with Crippen molar-refractivity contribution in [2.45, 2.75) is 25.4 Å². The molecule has 1 aliphatic rings. The van der Waals surface area contributed by atoms with Crippen molar-refractivity contribution >= 4 is 34.0 Å². The highest BCUT2D eigenvalue weighted by atomic mass is 35.5. The Morgan fingerprint density at radius 3 is 3.10 bits per heavy atom. The summed E-state index contributed by atoms with van der Waals surface area (Å²) in [7, 11) is 0. The Kier molecular flexibility index (Phi) is 4.53. The van der Waals surface area contributed by atoms with Gasteiger partial charge in [0.1, 0.15) is 6.10 Å². The Morgan fingerprint density at radius 1 is 1.48 bits per heavy atom. The van der Waals surface area contributed by atoms with Crippen molar-refractivity contribution in [2.24, 2.45) is 0 Å². The number of nitrogens with one attached hydrogen (secondary N) is 1. The van der Waals surface area contributed by atoms with E-state index < -0.39 is 0 Å². The molecule has 1 amide bonds. The molecule has 0 unspecified atom stereocenters. The van der Waals surface area contributed by atoms with Crippen molar-refractivity contribution in [3.05, 3.63) is 45.9 Å². The van der Waals surface area contributed by atoms with Gasteiger partial charge in [-0.05, 0) is 24.5 Å². The second-order valence-electron chi connectivity index (χ2n) is 4.89. The van der Waals surface area contributed by atoms with Gasteiger partial charge in [0, 0.05) is 29.1 Å². The van der Waals surface area contributed by atoms with Gasteiger partial charge < -0.3 is 4.74 Å². The Morgan fingerprint density at radius 2 is 2.33 bits per heavy atom. The first-order valence-electron chi connectivity index (χ1n) is 6.83. The first-order chi connectivity index (χ1) is 10.2. The molecule has 0 saturated carbocycles. The van der Waals surface area contributed by atoms with Crippen LogP contribution in [0.15, 0.2) is 30.5 Å². The van der Waals surface area contributed by atoms with E-state index in [0.29, 0.717) is 18.2 Å². The molecule has 1 atom stereocenters. The minimum atomic E-state index is -0.332. The molecule has 110 valence electrons. The van der Waals surface area contributed by atoms with Crippen LogP contribution in [0.3, 0.4) is 0 Å². The number of rotatable bonds is 4. The quantitative estimate of drug-likeness (QED) is 0.937. The SMILES string of the molecule is O=C(Nc1ncc(Cc2ccccc2Cl)s1)[C@@H]1CCCO1. The van der Waals surface area contributed by atoms with Crippen molar-refractivity contribution < 1.29 is 9.53 Å². The first-order valence-corrected chi connectivity index (χ1v) is 8.02. The highest BCUT2D eigenvalue weighted by Gasteiger charge is 2.24. The lowest BCUT2D eigenvalue weighted by Crippen LogP contribution is -2.26. The third-order valence-electron chi connectivity index (χ3n) is 3.33. The molecule has 0 bridgehead atoms. The fraction of sp³-hybridized carbons (Fsp3) is 0.333. The fourth-order valence-corrected chi connectivity index (χ4v) is 3.29. The molecule has 0 aliphatic carbocycles. The van der Waals surface area contributed by atoms with Gasteiger partial charge in [0.25, 0.3) is 5.91 Å². The van der Waals surface area contributed by atoms with Gasteiger partial charge in [0.05, 0.1) is 0 Å². The maximum Gasteiger partial charge on any atom is 0.255 e. The topological polar surface area (TPSA) is 51.2 Å². The summed E-state index contributed by atoms with van der Waals surface area (Å²) in [4.78, 5) is 17.2. The maximum absolute atomic E-state index is 11.9. The van der Waals surface area contributed by atoms with E-state index in [2.05, 4.69) is 10.3 Å². The zero-order valence-corrected chi connectivity index (χ0v) is 12.9. The number of amides is 1. The summed E-state index contributed by atoms with van der Waals surface area (Å²) in [6, 6.07) is 7.73. The zero-order valence-electron chi connectivity index (χ0n) is 11.3. The molecule has 1 aromatic heterocycles. The second-order valence-corrected chi connectivity index (χ2v) is 6.41. The van der Waals surface area contributed by atoms with Crippen LogP contribution < -0.4 is 5.32 Å². The molecular weight excluding hydrogens is 308 g/mol. The zero-order chi connectivity index (χ0) is 14.7. The monoisotopic (exact) mass is 322 g/mol. The van der Waals surface area contributed by atoms with Crippen LogP contribution >= 0.6 is 22.9 Å². The molecule has 1 saturated heterocycles. The van der Waals surface area contributed by atoms with Gasteiger partial charge >= 0.3 is 0 Å². The highest BCUT2D eigenvalue weighted by Crippen LogP contribution is 2.25. The van der Waals surface area contributed by atoms with E-state index in [9.17, 15) is 4.79 Å². The third-order valence-corrected chi connectivity index (χ3v) is 4.61. The van der Waals surface area contributed by atoms with Crippen molar-refractivity contribution in [1.82, 2.24) is 4.98 Å². The van der Waals surface area contributed by atoms with E-state index >= 15 is 0 Å². The van der Waals surface area contributed by atoms with E-state index in [4.69, 9.17) is 16.3 Å². The van der Waals surface area contributed by atoms with Gasteiger partial charge in [0.15, 0.2) is 5.13 Å². The predicted molar refractivity (Wildman–Crippen MR) is 84.0 cm³/mol. The maximum atomic E-state index is 11.9. The largest absolute Gasteiger partial charge is 0.368 e. The van der Waals surface area contributed by atoms with E-state index in [0.717, 1.165) is 28.3 Å². The van der Waals surface area contributed by atoms with Crippen molar-refractivity contribution in [2.75, 3.05) is 11.9 Å². The predicted octanol–water partition coefficient (Wildman–Crippen LogP) is 3.50. The van der Waals surface area contributed by atoms with Crippen LogP contribution in [0.4, 0.5) is 5.13 Å². The van der Waals surface area contributed by atoms with Crippen molar-refractivity contribution in [3.63, 3.8) is 0 Å². The van der Waals surface area contributed by atoms with Gasteiger partial charge in [-0.25, -0.2) is 4.98 Å². The molecule has 0 spiro atoms. The average molecular weight is 323 g/mol. The molecule has 0 radical (unpaired) electrons. The van der Waals surface area contributed by atoms with Gasteiger partial charge in [0.2, 0.25) is 0 Å². The summed E-state index contributed by atoms with van der Waals surface area (Å²) in [5, 5.41) is 4.17. The van der Waals surface area contributed by atoms with Crippen LogP contribution in [0.25, 0.3) is 0 Å². The van der Waals surface area contributed by atoms with Crippen molar-refractivity contribution in [1.29, 1.82) is 0 Å². The minimum Gasteiger partial charge on any atom is -0.368 e. The summed E-state index contributed by atoms with van der Waals surface area (Å²) < 4.78 is 5.35. The van der Waals surface area contributed by atoms with Crippen LogP contribution in [0.2, 0.25) is 5.02 Å². The number of aromatic nitrogens is 1. The molecular formula is C15H15ClN2O2S. The Labute approximate surface area is 132 Å². The van der Waals surface area contributed by atoms with Crippen LogP contribution in [-0.4, -0.2) is 23.6 Å². The molecule has 2 aromatic rings. The molecule has 21 heavy (non-hydrogen) atoms. The van der Waals surface area contributed by atoms with Gasteiger partial charge in [-0.1, -0.05) is 29.8 Å². The number of hydrogen-bond donors (Lipinski definition) is 1. The number of halogens is 1. The van der Waals surface area contributed by atoms with E-state index in [-0.39, 0.29) is 12.0 Å². The van der Waals surface area contributed by atoms with Crippen LogP contribution in [-0.2, 0) is 16.0 Å². The Balaban J connectivity index is 1.63. The van der Waals surface area contributed by atoms with Gasteiger partial charge in [-0.2, -0.15) is 0 Å². The summed E-state index contributed by atoms with van der Waals surface area (Å²) >= 11 is 7.62. The lowest BCUT2D eigenvalue weighted by atomic mass is 10.1. The number of carbonyl (C=O) groups excluding carboxylic acids is 1. The Hall–Kier alpha value is -1.43. The number of thiazole rings is 1. The van der Waals surface area contributed by atoms with Gasteiger partial charge in [-0.3, -0.25) is 10.1 Å². The molecule has 1 N–H and O–H groups in total. The standard InChI is InChI=1S/C15H15ClN2O2S/c16-12-5-2-1-4-10(12)8-11-9-17-15(21-11)18-14(19)13-6-3-7-20-13/h1-2,4-5,9,13H,3,6-8H2,(H,17,18,19)/t13-/m0/s1. The molecule has 3 rings (SSSR count). The van der Waals surface area contributed by atoms with Gasteiger partial charge in [-0.15, -0.1) is 11.3 Å². The smallest absolute Gasteiger partial charge is 0.255 e. The molecule has 4 nitrogen and oxygen atoms in total. The summed E-state index contributed by atoms with van der Waals surface area (Å²) in [5.41, 5.74) is 1.06. The Bertz CT molecular complexity index is 638. The van der Waals surface area contributed by atoms with Crippen molar-refractivity contribution in [3.8, 4) is 0 Å². The average Bonchev–Trinajstić information content (AvgIpc) is 3.13. The van der Waals surface area contributed by atoms with E-state index in [1.54, 1.807) is 6.20 Å². The molecule has 1 fully saturated rings. The highest BCUT2D eigenvalue weighted by molar-refractivity contribution is 7.15. The molecule has 2 heterocycles. The van der Waals surface area contributed by atoms with Crippen LogP contribution in [0.5, 0.6) is 0 Å². The number of nitrogens with zero attached hydrogens (tertiary/aromatic N) is 1. The summed E-state index contributed by atoms with van der Waals surface area (Å²) in [5.74, 6) is -0.105. The number of anilines is 1. The number of benzene rings is 1. The van der Waals surface area contributed by atoms with E-state index in [1.807, 2.05) is 24.3 Å². The lowest BCUT2D eigenvalue weighted by Gasteiger charge is -2.07. The number of hydrogen-bond acceptors (Lipinski definition) is 4. The summed E-state index contributed by atoms with van der Waals surface area (Å²) in [6.07, 6.45) is 3.88. The normalized spacial score (nSPS) is 17.9. The van der Waals surface area contributed by atoms with E-state index in [1.165, 1.54) is 11.3 Å². The number of carbonyl (C=O) groups is 1. The van der Waals surface area contributed by atoms with Crippen LogP contribution in [0.1, 0.15) is 23.3 Å². The molecule has 1 aromatic carbocycles. The molecule has 1 aliphatic heterocycles. The molecule has 6 heteroatoms. The minimum absolute atomic E-state index is 0.105.